The summed E-state index contributed by atoms with van der Waals surface area (Å²) >= 11 is 0. The average Bonchev–Trinajstić information content (AvgIpc) is 3.28. The van der Waals surface area contributed by atoms with E-state index in [9.17, 15) is 28.1 Å². The standard InChI is InChI=1S/C32H41N5O5S/c1-31(2,3)27(36(6)43(41,42)24-13-9-11-19-10-7-8-12-22(19)24)30(40)37-18-23-25(32(23,4)5)26(37)29(39)35-21(17-33)16-20-14-15-34-28(20)38/h7-13,20-21,23,25-27H,14-16,18H2,1-6H3,(H,34,38)(H,35,39)/t20-,21-,23-,25?,26-,27?/m0/s1. The lowest BCUT2D eigenvalue weighted by Crippen LogP contribution is -2.60. The highest BCUT2D eigenvalue weighted by molar-refractivity contribution is 7.89. The molecule has 2 heterocycles. The van der Waals surface area contributed by atoms with Gasteiger partial charge in [0.05, 0.1) is 11.0 Å². The number of hydrogen-bond donors (Lipinski definition) is 2. The molecule has 2 saturated heterocycles. The number of rotatable bonds is 8. The van der Waals surface area contributed by atoms with Crippen molar-refractivity contribution in [3.63, 3.8) is 0 Å². The van der Waals surface area contributed by atoms with Gasteiger partial charge in [0, 0.05) is 31.4 Å². The fourth-order valence-corrected chi connectivity index (χ4v) is 9.02. The number of nitriles is 1. The van der Waals surface area contributed by atoms with E-state index in [1.807, 2.05) is 39.0 Å². The number of sulfonamides is 1. The van der Waals surface area contributed by atoms with Gasteiger partial charge in [0.2, 0.25) is 27.7 Å². The first kappa shape index (κ1) is 31.0. The average molecular weight is 608 g/mol. The summed E-state index contributed by atoms with van der Waals surface area (Å²) in [5.41, 5.74) is -0.984. The largest absolute Gasteiger partial charge is 0.356 e. The van der Waals surface area contributed by atoms with Crippen molar-refractivity contribution in [1.82, 2.24) is 19.8 Å². The maximum absolute atomic E-state index is 14.5. The van der Waals surface area contributed by atoms with Crippen LogP contribution in [0.25, 0.3) is 10.8 Å². The van der Waals surface area contributed by atoms with Gasteiger partial charge in [0.15, 0.2) is 0 Å². The summed E-state index contributed by atoms with van der Waals surface area (Å²) in [6.07, 6.45) is 0.798. The third-order valence-electron chi connectivity index (χ3n) is 9.74. The number of likely N-dealkylation sites (N-methyl/N-ethyl adjacent to an activating group) is 1. The molecule has 2 aliphatic heterocycles. The van der Waals surface area contributed by atoms with Gasteiger partial charge in [-0.05, 0) is 47.0 Å². The molecule has 6 atom stereocenters. The third kappa shape index (κ3) is 5.40. The highest BCUT2D eigenvalue weighted by Crippen LogP contribution is 2.65. The topological polar surface area (TPSA) is 140 Å². The van der Waals surface area contributed by atoms with Crippen LogP contribution in [0.1, 0.15) is 47.5 Å². The van der Waals surface area contributed by atoms with Gasteiger partial charge < -0.3 is 15.5 Å². The number of likely N-dealkylation sites (tertiary alicyclic amines) is 1. The fourth-order valence-electron chi connectivity index (χ4n) is 7.31. The lowest BCUT2D eigenvalue weighted by Gasteiger charge is -2.41. The first-order valence-electron chi connectivity index (χ1n) is 14.8. The zero-order valence-corrected chi connectivity index (χ0v) is 26.4. The van der Waals surface area contributed by atoms with Gasteiger partial charge in [-0.2, -0.15) is 9.57 Å². The lowest BCUT2D eigenvalue weighted by molar-refractivity contribution is -0.145. The van der Waals surface area contributed by atoms with Crippen LogP contribution in [0.4, 0.5) is 0 Å². The zero-order chi connectivity index (χ0) is 31.5. The molecule has 0 spiro atoms. The molecule has 0 bridgehead atoms. The SMILES string of the molecule is CN(C(C(=O)N1C[C@H]2C([C@H]1C(=O)N[C@H](C#N)C[C@@H]1CCNC1=O)C2(C)C)C(C)(C)C)S(=O)(=O)c1cccc2ccccc12. The minimum atomic E-state index is -4.12. The number of hydrogen-bond acceptors (Lipinski definition) is 6. The second-order valence-corrected chi connectivity index (χ2v) is 15.8. The third-order valence-corrected chi connectivity index (χ3v) is 11.6. The highest BCUT2D eigenvalue weighted by Gasteiger charge is 2.70. The summed E-state index contributed by atoms with van der Waals surface area (Å²) < 4.78 is 29.4. The molecule has 0 aromatic heterocycles. The molecule has 1 saturated carbocycles. The molecule has 2 N–H and O–H groups in total. The number of nitrogens with zero attached hydrogens (tertiary/aromatic N) is 3. The minimum absolute atomic E-state index is 0.0777. The number of amides is 3. The second kappa shape index (κ2) is 10.9. The zero-order valence-electron chi connectivity index (χ0n) is 25.6. The van der Waals surface area contributed by atoms with E-state index in [1.165, 1.54) is 11.9 Å². The Bertz CT molecular complexity index is 1600. The van der Waals surface area contributed by atoms with Crippen molar-refractivity contribution in [2.45, 2.75) is 70.5 Å². The molecule has 2 unspecified atom stereocenters. The van der Waals surface area contributed by atoms with Crippen molar-refractivity contribution in [2.24, 2.45) is 28.6 Å². The summed E-state index contributed by atoms with van der Waals surface area (Å²) in [6, 6.07) is 11.6. The van der Waals surface area contributed by atoms with Crippen LogP contribution < -0.4 is 10.6 Å². The van der Waals surface area contributed by atoms with Gasteiger partial charge >= 0.3 is 0 Å². The molecule has 43 heavy (non-hydrogen) atoms. The molecular weight excluding hydrogens is 566 g/mol. The number of nitrogens with one attached hydrogen (secondary N) is 2. The van der Waals surface area contributed by atoms with Crippen molar-refractivity contribution >= 4 is 38.5 Å². The van der Waals surface area contributed by atoms with Crippen molar-refractivity contribution in [2.75, 3.05) is 20.1 Å². The van der Waals surface area contributed by atoms with E-state index in [0.717, 1.165) is 9.69 Å². The Labute approximate surface area is 253 Å². The molecule has 0 radical (unpaired) electrons. The van der Waals surface area contributed by atoms with Crippen LogP contribution in [0.3, 0.4) is 0 Å². The van der Waals surface area contributed by atoms with Gasteiger partial charge in [-0.25, -0.2) is 8.42 Å². The van der Waals surface area contributed by atoms with E-state index < -0.39 is 45.4 Å². The Morgan fingerprint density at radius 3 is 2.49 bits per heavy atom. The lowest BCUT2D eigenvalue weighted by atomic mass is 9.85. The second-order valence-electron chi connectivity index (χ2n) is 13.9. The number of carbonyl (C=O) groups excluding carboxylic acids is 3. The summed E-state index contributed by atoms with van der Waals surface area (Å²) in [7, 11) is -2.69. The molecule has 3 amide bonds. The predicted octanol–water partition coefficient (Wildman–Crippen LogP) is 2.89. The molecule has 10 nitrogen and oxygen atoms in total. The monoisotopic (exact) mass is 607 g/mol. The fraction of sp³-hybridized carbons (Fsp3) is 0.562. The molecule has 230 valence electrons. The summed E-state index contributed by atoms with van der Waals surface area (Å²) in [4.78, 5) is 42.0. The van der Waals surface area contributed by atoms with E-state index in [1.54, 1.807) is 24.3 Å². The molecule has 1 aliphatic carbocycles. The summed E-state index contributed by atoms with van der Waals surface area (Å²) in [5.74, 6) is -1.40. The Balaban J connectivity index is 1.44. The van der Waals surface area contributed by atoms with E-state index >= 15 is 0 Å². The van der Waals surface area contributed by atoms with Crippen molar-refractivity contribution in [3.8, 4) is 6.07 Å². The van der Waals surface area contributed by atoms with E-state index in [4.69, 9.17) is 0 Å². The van der Waals surface area contributed by atoms with Gasteiger partial charge in [0.25, 0.3) is 0 Å². The first-order chi connectivity index (χ1) is 20.1. The summed E-state index contributed by atoms with van der Waals surface area (Å²) in [5, 5.41) is 16.7. The molecular formula is C32H41N5O5S. The van der Waals surface area contributed by atoms with Crippen molar-refractivity contribution in [1.29, 1.82) is 5.26 Å². The number of fused-ring (bicyclic) bond motifs is 2. The maximum Gasteiger partial charge on any atom is 0.244 e. The van der Waals surface area contributed by atoms with Crippen LogP contribution in [0.2, 0.25) is 0 Å². The Kier molecular flexibility index (Phi) is 7.84. The normalized spacial score (nSPS) is 26.0. The molecule has 2 aromatic rings. The maximum atomic E-state index is 14.5. The van der Waals surface area contributed by atoms with Crippen LogP contribution in [0.5, 0.6) is 0 Å². The van der Waals surface area contributed by atoms with Crippen LogP contribution >= 0.6 is 0 Å². The Morgan fingerprint density at radius 2 is 1.86 bits per heavy atom. The summed E-state index contributed by atoms with van der Waals surface area (Å²) in [6.45, 7) is 10.4. The molecule has 11 heteroatoms. The Hall–Kier alpha value is -3.49. The van der Waals surface area contributed by atoms with E-state index in [0.29, 0.717) is 24.9 Å². The van der Waals surface area contributed by atoms with E-state index in [-0.39, 0.29) is 40.4 Å². The number of piperidine rings is 1. The first-order valence-corrected chi connectivity index (χ1v) is 16.3. The Morgan fingerprint density at radius 1 is 1.19 bits per heavy atom. The van der Waals surface area contributed by atoms with Crippen LogP contribution in [0, 0.1) is 39.9 Å². The molecule has 3 aliphatic rings. The molecule has 5 rings (SSSR count). The molecule has 2 aromatic carbocycles. The quantitative estimate of drug-likeness (QED) is 0.473. The van der Waals surface area contributed by atoms with E-state index in [2.05, 4.69) is 30.6 Å². The van der Waals surface area contributed by atoms with Crippen LogP contribution in [-0.2, 0) is 24.4 Å². The van der Waals surface area contributed by atoms with Crippen LogP contribution in [0.15, 0.2) is 47.4 Å². The van der Waals surface area contributed by atoms with Crippen molar-refractivity contribution in [3.05, 3.63) is 42.5 Å². The highest BCUT2D eigenvalue weighted by atomic mass is 32.2. The minimum Gasteiger partial charge on any atom is -0.356 e. The number of benzene rings is 2. The van der Waals surface area contributed by atoms with Crippen molar-refractivity contribution < 1.29 is 22.8 Å². The van der Waals surface area contributed by atoms with Gasteiger partial charge in [0.1, 0.15) is 18.1 Å². The van der Waals surface area contributed by atoms with Gasteiger partial charge in [-0.15, -0.1) is 0 Å². The molecule has 3 fully saturated rings. The van der Waals surface area contributed by atoms with Gasteiger partial charge in [-0.1, -0.05) is 71.0 Å². The predicted molar refractivity (Wildman–Crippen MR) is 162 cm³/mol. The smallest absolute Gasteiger partial charge is 0.244 e. The number of carbonyl (C=O) groups is 3. The van der Waals surface area contributed by atoms with Gasteiger partial charge in [-0.3, -0.25) is 14.4 Å². The van der Waals surface area contributed by atoms with Crippen LogP contribution in [-0.4, -0.2) is 73.6 Å².